The van der Waals surface area contributed by atoms with Crippen molar-refractivity contribution in [3.63, 3.8) is 0 Å². The van der Waals surface area contributed by atoms with E-state index in [0.717, 1.165) is 12.8 Å². The van der Waals surface area contributed by atoms with E-state index in [0.29, 0.717) is 23.8 Å². The summed E-state index contributed by atoms with van der Waals surface area (Å²) in [5, 5.41) is 3.22. The number of carbonyl (C=O) groups is 3. The van der Waals surface area contributed by atoms with Gasteiger partial charge in [-0.2, -0.15) is 0 Å². The number of anilines is 1. The minimum Gasteiger partial charge on any atom is -0.343 e. The summed E-state index contributed by atoms with van der Waals surface area (Å²) in [6, 6.07) is 6.60. The Morgan fingerprint density at radius 3 is 2.32 bits per heavy atom. The maximum Gasteiger partial charge on any atom is 0.235 e. The first-order chi connectivity index (χ1) is 10.5. The van der Waals surface area contributed by atoms with Crippen LogP contribution in [0.25, 0.3) is 0 Å². The van der Waals surface area contributed by atoms with Crippen LogP contribution < -0.4 is 5.32 Å². The molecule has 0 aliphatic carbocycles. The topological polar surface area (TPSA) is 66.5 Å². The largest absolute Gasteiger partial charge is 0.343 e. The third kappa shape index (κ3) is 4.31. The third-order valence-corrected chi connectivity index (χ3v) is 4.01. The van der Waals surface area contributed by atoms with Crippen LogP contribution in [-0.4, -0.2) is 35.6 Å². The second-order valence-electron chi connectivity index (χ2n) is 5.45. The van der Waals surface area contributed by atoms with Crippen molar-refractivity contribution in [2.75, 3.05) is 18.4 Å². The van der Waals surface area contributed by atoms with E-state index < -0.39 is 11.8 Å². The molecule has 1 aliphatic rings. The van der Waals surface area contributed by atoms with Crippen molar-refractivity contribution < 1.29 is 14.4 Å². The Balaban J connectivity index is 2.00. The fourth-order valence-corrected chi connectivity index (χ4v) is 2.58. The lowest BCUT2D eigenvalue weighted by Crippen LogP contribution is -2.36. The van der Waals surface area contributed by atoms with Gasteiger partial charge in [-0.15, -0.1) is 0 Å². The molecule has 0 bridgehead atoms. The van der Waals surface area contributed by atoms with Gasteiger partial charge in [-0.25, -0.2) is 0 Å². The summed E-state index contributed by atoms with van der Waals surface area (Å²) >= 11 is 5.79. The van der Waals surface area contributed by atoms with Crippen LogP contribution in [-0.2, 0) is 14.4 Å². The average Bonchev–Trinajstić information content (AvgIpc) is 3.00. The van der Waals surface area contributed by atoms with Crippen LogP contribution in [0.4, 0.5) is 5.69 Å². The maximum absolute atomic E-state index is 12.3. The molecule has 1 fully saturated rings. The molecule has 2 rings (SSSR count). The fraction of sp³-hybridized carbons (Fsp3) is 0.438. The lowest BCUT2D eigenvalue weighted by atomic mass is 9.99. The molecular formula is C16H19ClN2O3. The van der Waals surface area contributed by atoms with Gasteiger partial charge in [-0.3, -0.25) is 14.4 Å². The van der Waals surface area contributed by atoms with Crippen molar-refractivity contribution in [3.8, 4) is 0 Å². The predicted octanol–water partition coefficient (Wildman–Crippen LogP) is 2.50. The first-order valence-electron chi connectivity index (χ1n) is 7.32. The number of carbonyl (C=O) groups excluding carboxylic acids is 3. The van der Waals surface area contributed by atoms with E-state index >= 15 is 0 Å². The summed E-state index contributed by atoms with van der Waals surface area (Å²) in [6.45, 7) is 2.76. The van der Waals surface area contributed by atoms with E-state index in [4.69, 9.17) is 11.6 Å². The maximum atomic E-state index is 12.3. The third-order valence-electron chi connectivity index (χ3n) is 3.76. The van der Waals surface area contributed by atoms with Gasteiger partial charge in [-0.05, 0) is 44.0 Å². The number of Topliss-reactive ketones (excluding diaryl/α,β-unsaturated/α-hetero) is 1. The number of hydrogen-bond donors (Lipinski definition) is 1. The zero-order chi connectivity index (χ0) is 16.1. The van der Waals surface area contributed by atoms with E-state index in [1.165, 1.54) is 6.92 Å². The number of nitrogens with one attached hydrogen (secondary N) is 1. The Labute approximate surface area is 134 Å². The quantitative estimate of drug-likeness (QED) is 0.847. The zero-order valence-corrected chi connectivity index (χ0v) is 13.2. The van der Waals surface area contributed by atoms with Gasteiger partial charge in [0, 0.05) is 30.2 Å². The number of amides is 2. The summed E-state index contributed by atoms with van der Waals surface area (Å²) < 4.78 is 0. The highest BCUT2D eigenvalue weighted by atomic mass is 35.5. The van der Waals surface area contributed by atoms with Crippen molar-refractivity contribution in [2.45, 2.75) is 26.2 Å². The molecule has 1 N–H and O–H groups in total. The van der Waals surface area contributed by atoms with Gasteiger partial charge < -0.3 is 10.2 Å². The van der Waals surface area contributed by atoms with Crippen LogP contribution in [0.1, 0.15) is 26.2 Å². The summed E-state index contributed by atoms with van der Waals surface area (Å²) in [6.07, 6.45) is 1.88. The highest BCUT2D eigenvalue weighted by Crippen LogP contribution is 2.17. The van der Waals surface area contributed by atoms with Gasteiger partial charge in [0.15, 0.2) is 0 Å². The molecule has 1 aromatic carbocycles. The molecule has 1 aromatic rings. The molecule has 1 atom stereocenters. The van der Waals surface area contributed by atoms with Gasteiger partial charge in [0.05, 0.1) is 0 Å². The first kappa shape index (κ1) is 16.5. The minimum absolute atomic E-state index is 0.0746. The Bertz CT molecular complexity index is 565. The molecule has 0 saturated carbocycles. The molecular weight excluding hydrogens is 304 g/mol. The van der Waals surface area contributed by atoms with Crippen molar-refractivity contribution in [2.24, 2.45) is 5.92 Å². The Morgan fingerprint density at radius 2 is 1.77 bits per heavy atom. The van der Waals surface area contributed by atoms with Crippen LogP contribution in [0.3, 0.4) is 0 Å². The van der Waals surface area contributed by atoms with Crippen molar-refractivity contribution in [1.29, 1.82) is 0 Å². The number of likely N-dealkylation sites (tertiary alicyclic amines) is 1. The van der Waals surface area contributed by atoms with Gasteiger partial charge in [0.25, 0.3) is 0 Å². The molecule has 1 heterocycles. The van der Waals surface area contributed by atoms with Crippen LogP contribution in [0.2, 0.25) is 5.02 Å². The summed E-state index contributed by atoms with van der Waals surface area (Å²) in [4.78, 5) is 37.8. The van der Waals surface area contributed by atoms with Gasteiger partial charge in [-0.1, -0.05) is 11.6 Å². The number of halogens is 1. The van der Waals surface area contributed by atoms with Crippen LogP contribution >= 0.6 is 11.6 Å². The molecule has 118 valence electrons. The summed E-state index contributed by atoms with van der Waals surface area (Å²) in [5.74, 6) is -1.85. The number of nitrogens with zero attached hydrogens (tertiary/aromatic N) is 1. The number of ketones is 1. The van der Waals surface area contributed by atoms with E-state index in [1.54, 1.807) is 29.2 Å². The van der Waals surface area contributed by atoms with E-state index in [9.17, 15) is 14.4 Å². The lowest BCUT2D eigenvalue weighted by Gasteiger charge is -2.19. The molecule has 2 amide bonds. The number of benzene rings is 1. The normalized spacial score (nSPS) is 15.5. The molecule has 22 heavy (non-hydrogen) atoms. The molecule has 1 aliphatic heterocycles. The van der Waals surface area contributed by atoms with Crippen molar-refractivity contribution >= 4 is 34.9 Å². The van der Waals surface area contributed by atoms with Gasteiger partial charge in [0.2, 0.25) is 11.8 Å². The van der Waals surface area contributed by atoms with Crippen molar-refractivity contribution in [1.82, 2.24) is 4.90 Å². The van der Waals surface area contributed by atoms with Gasteiger partial charge >= 0.3 is 0 Å². The number of hydrogen-bond acceptors (Lipinski definition) is 3. The van der Waals surface area contributed by atoms with Crippen LogP contribution in [0, 0.1) is 5.92 Å². The van der Waals surface area contributed by atoms with E-state index in [-0.39, 0.29) is 18.1 Å². The molecule has 5 nitrogen and oxygen atoms in total. The monoisotopic (exact) mass is 322 g/mol. The van der Waals surface area contributed by atoms with Gasteiger partial charge in [0.1, 0.15) is 11.7 Å². The highest BCUT2D eigenvalue weighted by Gasteiger charge is 2.29. The summed E-state index contributed by atoms with van der Waals surface area (Å²) in [7, 11) is 0. The summed E-state index contributed by atoms with van der Waals surface area (Å²) in [5.41, 5.74) is 0.550. The Morgan fingerprint density at radius 1 is 1.18 bits per heavy atom. The number of rotatable bonds is 5. The Kier molecular flexibility index (Phi) is 5.55. The minimum atomic E-state index is -0.955. The first-order valence-corrected chi connectivity index (χ1v) is 7.70. The van der Waals surface area contributed by atoms with Crippen molar-refractivity contribution in [3.05, 3.63) is 29.3 Å². The fourth-order valence-electron chi connectivity index (χ4n) is 2.45. The molecule has 0 aromatic heterocycles. The average molecular weight is 323 g/mol. The zero-order valence-electron chi connectivity index (χ0n) is 12.5. The lowest BCUT2D eigenvalue weighted by molar-refractivity contribution is -0.138. The van der Waals surface area contributed by atoms with E-state index in [1.807, 2.05) is 0 Å². The Hall–Kier alpha value is -1.88. The molecule has 0 spiro atoms. The van der Waals surface area contributed by atoms with Crippen LogP contribution in [0.5, 0.6) is 0 Å². The second-order valence-corrected chi connectivity index (χ2v) is 5.89. The van der Waals surface area contributed by atoms with E-state index in [2.05, 4.69) is 5.32 Å². The molecule has 0 radical (unpaired) electrons. The molecule has 0 unspecified atom stereocenters. The van der Waals surface area contributed by atoms with Crippen LogP contribution in [0.15, 0.2) is 24.3 Å². The highest BCUT2D eigenvalue weighted by molar-refractivity contribution is 6.30. The predicted molar refractivity (Wildman–Crippen MR) is 84.7 cm³/mol. The smallest absolute Gasteiger partial charge is 0.235 e. The SMILES string of the molecule is CC(=O)[C@@H](CC(=O)N1CCCC1)C(=O)Nc1ccc(Cl)cc1. The molecule has 1 saturated heterocycles. The standard InChI is InChI=1S/C16H19ClN2O3/c1-11(20)14(10-15(21)19-8-2-3-9-19)16(22)18-13-6-4-12(17)5-7-13/h4-7,14H,2-3,8-10H2,1H3,(H,18,22)/t14-/m1/s1. The second kappa shape index (κ2) is 7.40. The molecule has 6 heteroatoms.